The van der Waals surface area contributed by atoms with Gasteiger partial charge in [0.05, 0.1) is 23.5 Å². The maximum Gasteiger partial charge on any atom is 0.232 e. The number of fused-ring (bicyclic) bond motifs is 1. The minimum atomic E-state index is -0.247. The molecule has 5 nitrogen and oxygen atoms in total. The Morgan fingerprint density at radius 3 is 2.50 bits per heavy atom. The van der Waals surface area contributed by atoms with E-state index in [0.717, 1.165) is 5.69 Å². The Bertz CT molecular complexity index is 554. The van der Waals surface area contributed by atoms with Gasteiger partial charge in [-0.1, -0.05) is 6.07 Å². The van der Waals surface area contributed by atoms with Crippen molar-refractivity contribution in [3.8, 4) is 6.07 Å². The van der Waals surface area contributed by atoms with Crippen molar-refractivity contribution in [1.29, 1.82) is 5.26 Å². The zero-order valence-electron chi connectivity index (χ0n) is 9.59. The topological polar surface area (TPSA) is 73.2 Å². The first-order chi connectivity index (χ1) is 8.69. The molecule has 2 heterocycles. The SMILES string of the molecule is N#Cc1cccc(N2C[C@@H]3C(=O)NC(=O)[C@@H]3C2)c1. The van der Waals surface area contributed by atoms with Gasteiger partial charge in [0.15, 0.2) is 0 Å². The standard InChI is InChI=1S/C13H11N3O2/c14-5-8-2-1-3-9(4-8)16-6-10-11(7-16)13(18)15-12(10)17/h1-4,10-11H,6-7H2,(H,15,17,18)/t10-,11+. The highest BCUT2D eigenvalue weighted by Crippen LogP contribution is 2.32. The van der Waals surface area contributed by atoms with Crippen molar-refractivity contribution in [3.63, 3.8) is 0 Å². The first-order valence-corrected chi connectivity index (χ1v) is 5.79. The van der Waals surface area contributed by atoms with E-state index in [0.29, 0.717) is 18.7 Å². The molecule has 2 fully saturated rings. The molecule has 1 N–H and O–H groups in total. The van der Waals surface area contributed by atoms with Crippen molar-refractivity contribution >= 4 is 17.5 Å². The lowest BCUT2D eigenvalue weighted by Gasteiger charge is -2.19. The van der Waals surface area contributed by atoms with Gasteiger partial charge in [0.25, 0.3) is 0 Å². The third kappa shape index (κ3) is 1.54. The van der Waals surface area contributed by atoms with E-state index in [2.05, 4.69) is 11.4 Å². The molecule has 2 aliphatic rings. The zero-order valence-corrected chi connectivity index (χ0v) is 9.59. The van der Waals surface area contributed by atoms with Crippen molar-refractivity contribution in [3.05, 3.63) is 29.8 Å². The fourth-order valence-corrected chi connectivity index (χ4v) is 2.62. The van der Waals surface area contributed by atoms with Crippen LogP contribution in [0.4, 0.5) is 5.69 Å². The third-order valence-electron chi connectivity index (χ3n) is 3.58. The summed E-state index contributed by atoms with van der Waals surface area (Å²) >= 11 is 0. The van der Waals surface area contributed by atoms with Crippen LogP contribution in [0.2, 0.25) is 0 Å². The lowest BCUT2D eigenvalue weighted by Crippen LogP contribution is -2.31. The molecule has 1 aromatic carbocycles. The summed E-state index contributed by atoms with van der Waals surface area (Å²) in [6, 6.07) is 9.30. The Morgan fingerprint density at radius 1 is 1.22 bits per heavy atom. The van der Waals surface area contributed by atoms with E-state index in [1.807, 2.05) is 17.0 Å². The first kappa shape index (κ1) is 10.8. The van der Waals surface area contributed by atoms with Gasteiger partial charge in [0.1, 0.15) is 0 Å². The van der Waals surface area contributed by atoms with Crippen LogP contribution in [0.3, 0.4) is 0 Å². The molecule has 0 saturated carbocycles. The third-order valence-corrected chi connectivity index (χ3v) is 3.58. The zero-order chi connectivity index (χ0) is 12.7. The maximum atomic E-state index is 11.6. The van der Waals surface area contributed by atoms with E-state index in [-0.39, 0.29) is 23.7 Å². The molecule has 0 unspecified atom stereocenters. The predicted molar refractivity (Wildman–Crippen MR) is 63.5 cm³/mol. The predicted octanol–water partition coefficient (Wildman–Crippen LogP) is 0.267. The van der Waals surface area contributed by atoms with Gasteiger partial charge in [-0.15, -0.1) is 0 Å². The molecular weight excluding hydrogens is 230 g/mol. The summed E-state index contributed by atoms with van der Waals surface area (Å²) in [5.41, 5.74) is 1.48. The number of nitrogens with one attached hydrogen (secondary N) is 1. The van der Waals surface area contributed by atoms with Crippen molar-refractivity contribution in [2.75, 3.05) is 18.0 Å². The van der Waals surface area contributed by atoms with Crippen molar-refractivity contribution in [2.24, 2.45) is 11.8 Å². The summed E-state index contributed by atoms with van der Waals surface area (Å²) < 4.78 is 0. The number of carbonyl (C=O) groups excluding carboxylic acids is 2. The van der Waals surface area contributed by atoms with E-state index >= 15 is 0 Å². The largest absolute Gasteiger partial charge is 0.370 e. The number of benzene rings is 1. The summed E-state index contributed by atoms with van der Waals surface area (Å²) in [4.78, 5) is 25.1. The van der Waals surface area contributed by atoms with Gasteiger partial charge in [0.2, 0.25) is 11.8 Å². The minimum Gasteiger partial charge on any atom is -0.370 e. The number of hydrogen-bond donors (Lipinski definition) is 1. The highest BCUT2D eigenvalue weighted by atomic mass is 16.2. The monoisotopic (exact) mass is 241 g/mol. The van der Waals surface area contributed by atoms with Crippen molar-refractivity contribution in [2.45, 2.75) is 0 Å². The molecule has 18 heavy (non-hydrogen) atoms. The minimum absolute atomic E-state index is 0.177. The van der Waals surface area contributed by atoms with Crippen LogP contribution in [0.5, 0.6) is 0 Å². The van der Waals surface area contributed by atoms with Gasteiger partial charge in [-0.2, -0.15) is 5.26 Å². The fraction of sp³-hybridized carbons (Fsp3) is 0.308. The number of hydrogen-bond acceptors (Lipinski definition) is 4. The van der Waals surface area contributed by atoms with Crippen LogP contribution in [0.1, 0.15) is 5.56 Å². The highest BCUT2D eigenvalue weighted by Gasteiger charge is 2.47. The van der Waals surface area contributed by atoms with Gasteiger partial charge in [-0.05, 0) is 18.2 Å². The summed E-state index contributed by atoms with van der Waals surface area (Å²) in [6.07, 6.45) is 0. The lowest BCUT2D eigenvalue weighted by atomic mass is 10.00. The Kier molecular flexibility index (Phi) is 2.30. The molecular formula is C13H11N3O2. The van der Waals surface area contributed by atoms with E-state index in [4.69, 9.17) is 5.26 Å². The van der Waals surface area contributed by atoms with Crippen LogP contribution in [-0.2, 0) is 9.59 Å². The quantitative estimate of drug-likeness (QED) is 0.716. The van der Waals surface area contributed by atoms with Gasteiger partial charge in [-0.3, -0.25) is 14.9 Å². The average molecular weight is 241 g/mol. The summed E-state index contributed by atoms with van der Waals surface area (Å²) in [7, 11) is 0. The fourth-order valence-electron chi connectivity index (χ4n) is 2.62. The molecule has 5 heteroatoms. The molecule has 0 radical (unpaired) electrons. The van der Waals surface area contributed by atoms with Crippen LogP contribution in [0.15, 0.2) is 24.3 Å². The molecule has 2 saturated heterocycles. The average Bonchev–Trinajstić information content (AvgIpc) is 2.93. The molecule has 2 atom stereocenters. The summed E-state index contributed by atoms with van der Waals surface area (Å²) in [5.74, 6) is -0.848. The summed E-state index contributed by atoms with van der Waals surface area (Å²) in [6.45, 7) is 1.08. The molecule has 0 aliphatic carbocycles. The van der Waals surface area contributed by atoms with Crippen LogP contribution >= 0.6 is 0 Å². The molecule has 90 valence electrons. The second-order valence-electron chi connectivity index (χ2n) is 4.63. The Hall–Kier alpha value is -2.35. The van der Waals surface area contributed by atoms with Crippen LogP contribution in [0, 0.1) is 23.2 Å². The van der Waals surface area contributed by atoms with E-state index in [9.17, 15) is 9.59 Å². The number of carbonyl (C=O) groups is 2. The molecule has 0 aromatic heterocycles. The normalized spacial score (nSPS) is 25.8. The number of nitrogens with zero attached hydrogens (tertiary/aromatic N) is 2. The van der Waals surface area contributed by atoms with Crippen LogP contribution in [-0.4, -0.2) is 24.9 Å². The molecule has 0 spiro atoms. The second-order valence-corrected chi connectivity index (χ2v) is 4.63. The smallest absolute Gasteiger partial charge is 0.232 e. The Labute approximate surface area is 104 Å². The molecule has 2 amide bonds. The molecule has 0 bridgehead atoms. The number of imide groups is 1. The highest BCUT2D eigenvalue weighted by molar-refractivity contribution is 6.06. The van der Waals surface area contributed by atoms with Crippen LogP contribution < -0.4 is 10.2 Å². The van der Waals surface area contributed by atoms with Gasteiger partial charge >= 0.3 is 0 Å². The number of rotatable bonds is 1. The van der Waals surface area contributed by atoms with Gasteiger partial charge in [0, 0.05) is 18.8 Å². The second kappa shape index (κ2) is 3.84. The maximum absolute atomic E-state index is 11.6. The molecule has 1 aromatic rings. The Morgan fingerprint density at radius 2 is 1.89 bits per heavy atom. The van der Waals surface area contributed by atoms with E-state index in [1.165, 1.54) is 0 Å². The van der Waals surface area contributed by atoms with E-state index in [1.54, 1.807) is 12.1 Å². The number of amides is 2. The molecule has 2 aliphatic heterocycles. The lowest BCUT2D eigenvalue weighted by molar-refractivity contribution is -0.126. The van der Waals surface area contributed by atoms with Crippen LogP contribution in [0.25, 0.3) is 0 Å². The first-order valence-electron chi connectivity index (χ1n) is 5.79. The molecule has 3 rings (SSSR count). The van der Waals surface area contributed by atoms with E-state index < -0.39 is 0 Å². The summed E-state index contributed by atoms with van der Waals surface area (Å²) in [5, 5.41) is 11.2. The van der Waals surface area contributed by atoms with Crippen molar-refractivity contribution in [1.82, 2.24) is 5.32 Å². The van der Waals surface area contributed by atoms with Gasteiger partial charge < -0.3 is 4.90 Å². The number of anilines is 1. The van der Waals surface area contributed by atoms with Gasteiger partial charge in [-0.25, -0.2) is 0 Å². The number of nitriles is 1. The Balaban J connectivity index is 1.86. The van der Waals surface area contributed by atoms with Crippen molar-refractivity contribution < 1.29 is 9.59 Å².